The van der Waals surface area contributed by atoms with E-state index in [1.165, 1.54) is 6.07 Å². The summed E-state index contributed by atoms with van der Waals surface area (Å²) in [5.41, 5.74) is 12.5. The summed E-state index contributed by atoms with van der Waals surface area (Å²) >= 11 is 0. The van der Waals surface area contributed by atoms with Gasteiger partial charge in [-0.15, -0.1) is 0 Å². The van der Waals surface area contributed by atoms with Crippen LogP contribution in [0.1, 0.15) is 27.8 Å². The summed E-state index contributed by atoms with van der Waals surface area (Å²) in [7, 11) is 0. The molecule has 0 aliphatic carbocycles. The molecular weight excluding hydrogens is 960 g/mol. The highest BCUT2D eigenvalue weighted by molar-refractivity contribution is 6.14. The van der Waals surface area contributed by atoms with Crippen LogP contribution in [0.25, 0.3) is 120 Å². The van der Waals surface area contributed by atoms with Crippen LogP contribution in [-0.4, -0.2) is 9.13 Å². The first kappa shape index (κ1) is 47.1. The minimum atomic E-state index is -4.73. The fourth-order valence-corrected chi connectivity index (χ4v) is 10.7. The van der Waals surface area contributed by atoms with Gasteiger partial charge in [-0.3, -0.25) is 0 Å². The first-order valence-corrected chi connectivity index (χ1v) is 24.4. The summed E-state index contributed by atoms with van der Waals surface area (Å²) in [6.07, 6.45) is -4.73. The average Bonchev–Trinajstić information content (AvgIpc) is 4.23. The van der Waals surface area contributed by atoms with Crippen LogP contribution >= 0.6 is 0 Å². The Labute approximate surface area is 440 Å². The van der Waals surface area contributed by atoms with Crippen LogP contribution in [0.4, 0.5) is 24.5 Å². The summed E-state index contributed by atoms with van der Waals surface area (Å²) in [6, 6.07) is 67.7. The van der Waals surface area contributed by atoms with Crippen LogP contribution in [-0.2, 0) is 6.18 Å². The lowest BCUT2D eigenvalue weighted by atomic mass is 9.92. The van der Waals surface area contributed by atoms with Crippen molar-refractivity contribution in [3.05, 3.63) is 251 Å². The lowest BCUT2D eigenvalue weighted by Crippen LogP contribution is -2.10. The lowest BCUT2D eigenvalue weighted by molar-refractivity contribution is -0.137. The molecule has 0 N–H and O–H groups in total. The first-order valence-electron chi connectivity index (χ1n) is 24.4. The minimum absolute atomic E-state index is 0.0185. The van der Waals surface area contributed by atoms with Gasteiger partial charge in [0.05, 0.1) is 75.4 Å². The number of nitrogens with zero attached hydrogens (tertiary/aromatic N) is 7. The van der Waals surface area contributed by atoms with Crippen molar-refractivity contribution in [2.24, 2.45) is 0 Å². The van der Waals surface area contributed by atoms with Crippen molar-refractivity contribution >= 4 is 55.0 Å². The Morgan fingerprint density at radius 1 is 0.403 bits per heavy atom. The molecule has 0 saturated heterocycles. The number of fused-ring (bicyclic) bond motifs is 6. The molecule has 10 aromatic carbocycles. The van der Waals surface area contributed by atoms with Crippen LogP contribution in [0.2, 0.25) is 0 Å². The molecule has 0 aliphatic heterocycles. The predicted molar refractivity (Wildman–Crippen MR) is 299 cm³/mol. The van der Waals surface area contributed by atoms with Gasteiger partial charge in [-0.25, -0.2) is 9.69 Å². The zero-order valence-electron chi connectivity index (χ0n) is 40.8. The van der Waals surface area contributed by atoms with E-state index in [-0.39, 0.29) is 16.7 Å². The van der Waals surface area contributed by atoms with Crippen molar-refractivity contribution in [3.63, 3.8) is 0 Å². The monoisotopic (exact) mass is 995 g/mol. The molecule has 0 amide bonds. The number of halogens is 3. The van der Waals surface area contributed by atoms with Crippen LogP contribution in [0, 0.1) is 54.1 Å². The quantitative estimate of drug-likeness (QED) is 0.149. The SMILES string of the molecule is [C-]#[N+]c1ccc(-c2ccc3c(c2)c2cc(-c4ccc([N+]#[C-])cc4)ccc2n3-c2cc(-c3c(C)cccc3C(F)(F)F)cc(-n3c4ccc(-c5ccc(C#N)cc5)cc4c4cc(-c5ccc(C#N)cc5)ccc43)c2C#N)cc1. The van der Waals surface area contributed by atoms with E-state index >= 15 is 13.2 Å². The molecule has 2 aromatic heterocycles. The number of hydrogen-bond acceptors (Lipinski definition) is 3. The Hall–Kier alpha value is -11.0. The van der Waals surface area contributed by atoms with Gasteiger partial charge < -0.3 is 9.13 Å². The Balaban J connectivity index is 1.19. The van der Waals surface area contributed by atoms with Gasteiger partial charge in [0, 0.05) is 21.5 Å². The van der Waals surface area contributed by atoms with Gasteiger partial charge >= 0.3 is 6.18 Å². The van der Waals surface area contributed by atoms with Crippen LogP contribution < -0.4 is 0 Å². The molecule has 0 spiro atoms. The van der Waals surface area contributed by atoms with E-state index in [0.717, 1.165) is 72.1 Å². The van der Waals surface area contributed by atoms with Crippen LogP contribution in [0.5, 0.6) is 0 Å². The maximum atomic E-state index is 15.4. The maximum Gasteiger partial charge on any atom is 0.417 e. The molecule has 12 aromatic rings. The summed E-state index contributed by atoms with van der Waals surface area (Å²) in [5, 5.41) is 34.2. The zero-order chi connectivity index (χ0) is 53.1. The number of alkyl halides is 3. The molecule has 0 unspecified atom stereocenters. The maximum absolute atomic E-state index is 15.4. The standard InChI is InChI=1S/C67H36F3N7/c1-40-5-4-6-59(67(68,69)70)66(40)51-35-64(76-60-27-19-47(43-11-7-41(37-71)8-12-43)31-54(60)55-32-48(20-28-61(55)76)44-13-9-42(38-72)10-14-44)58(39-73)65(36-51)77-62-29-21-49(45-15-23-52(74-2)24-16-45)33-56(62)57-34-50(22-30-63(57)77)46-17-25-53(75-3)26-18-46/h4-36H,1H3. The van der Waals surface area contributed by atoms with E-state index < -0.39 is 11.7 Å². The Kier molecular flexibility index (Phi) is 11.3. The zero-order valence-corrected chi connectivity index (χ0v) is 40.8. The largest absolute Gasteiger partial charge is 0.417 e. The molecule has 360 valence electrons. The molecular formula is C67H36F3N7. The van der Waals surface area contributed by atoms with Crippen molar-refractivity contribution < 1.29 is 13.2 Å². The van der Waals surface area contributed by atoms with Gasteiger partial charge in [0.1, 0.15) is 11.6 Å². The highest BCUT2D eigenvalue weighted by Gasteiger charge is 2.35. The van der Waals surface area contributed by atoms with E-state index in [4.69, 9.17) is 13.1 Å². The average molecular weight is 996 g/mol. The van der Waals surface area contributed by atoms with Crippen molar-refractivity contribution in [2.75, 3.05) is 0 Å². The van der Waals surface area contributed by atoms with Crippen molar-refractivity contribution in [1.29, 1.82) is 15.8 Å². The molecule has 7 nitrogen and oxygen atoms in total. The molecule has 0 bridgehead atoms. The van der Waals surface area contributed by atoms with Gasteiger partial charge in [-0.2, -0.15) is 29.0 Å². The summed E-state index contributed by atoms with van der Waals surface area (Å²) in [6.45, 7) is 16.7. The molecule has 0 radical (unpaired) electrons. The molecule has 0 aliphatic rings. The third-order valence-corrected chi connectivity index (χ3v) is 14.4. The summed E-state index contributed by atoms with van der Waals surface area (Å²) in [5.74, 6) is 0. The van der Waals surface area contributed by atoms with Gasteiger partial charge in [0.2, 0.25) is 0 Å². The smallest absolute Gasteiger partial charge is 0.308 e. The van der Waals surface area contributed by atoms with Gasteiger partial charge in [-0.05, 0) is 159 Å². The molecule has 0 fully saturated rings. The first-order chi connectivity index (χ1) is 37.5. The molecule has 2 heterocycles. The highest BCUT2D eigenvalue weighted by atomic mass is 19.4. The number of benzene rings is 10. The summed E-state index contributed by atoms with van der Waals surface area (Å²) < 4.78 is 50.1. The van der Waals surface area contributed by atoms with E-state index in [1.54, 1.807) is 73.7 Å². The van der Waals surface area contributed by atoms with E-state index in [2.05, 4.69) is 52.2 Å². The fraction of sp³-hybridized carbons (Fsp3) is 0.0299. The molecule has 0 saturated carbocycles. The van der Waals surface area contributed by atoms with E-state index in [1.807, 2.05) is 106 Å². The second-order valence-corrected chi connectivity index (χ2v) is 18.8. The Bertz CT molecular complexity index is 4150. The lowest BCUT2D eigenvalue weighted by Gasteiger charge is -2.21. The van der Waals surface area contributed by atoms with Crippen molar-refractivity contribution in [1.82, 2.24) is 9.13 Å². The van der Waals surface area contributed by atoms with Crippen LogP contribution in [0.15, 0.2) is 200 Å². The number of aromatic nitrogens is 2. The molecule has 12 rings (SSSR count). The second-order valence-electron chi connectivity index (χ2n) is 18.8. The Morgan fingerprint density at radius 3 is 1.05 bits per heavy atom. The van der Waals surface area contributed by atoms with E-state index in [0.29, 0.717) is 61.5 Å². The predicted octanol–water partition coefficient (Wildman–Crippen LogP) is 18.3. The highest BCUT2D eigenvalue weighted by Crippen LogP contribution is 2.46. The number of rotatable bonds is 7. The summed E-state index contributed by atoms with van der Waals surface area (Å²) in [4.78, 5) is 7.15. The third-order valence-electron chi connectivity index (χ3n) is 14.4. The topological polar surface area (TPSA) is 89.9 Å². The normalized spacial score (nSPS) is 11.3. The molecule has 0 atom stereocenters. The number of hydrogen-bond donors (Lipinski definition) is 0. The molecule has 77 heavy (non-hydrogen) atoms. The fourth-order valence-electron chi connectivity index (χ4n) is 10.7. The van der Waals surface area contributed by atoms with Crippen molar-refractivity contribution in [3.8, 4) is 85.2 Å². The van der Waals surface area contributed by atoms with Gasteiger partial charge in [0.25, 0.3) is 0 Å². The van der Waals surface area contributed by atoms with E-state index in [9.17, 15) is 15.8 Å². The van der Waals surface area contributed by atoms with Gasteiger partial charge in [-0.1, -0.05) is 109 Å². The third kappa shape index (κ3) is 8.06. The Morgan fingerprint density at radius 2 is 0.740 bits per heavy atom. The number of nitriles is 3. The second kappa shape index (κ2) is 18.5. The van der Waals surface area contributed by atoms with Crippen molar-refractivity contribution in [2.45, 2.75) is 13.1 Å². The minimum Gasteiger partial charge on any atom is -0.308 e. The number of aryl methyl sites for hydroxylation is 1. The van der Waals surface area contributed by atoms with Crippen LogP contribution in [0.3, 0.4) is 0 Å². The van der Waals surface area contributed by atoms with Gasteiger partial charge in [0.15, 0.2) is 11.4 Å². The molecule has 10 heteroatoms.